The van der Waals surface area contributed by atoms with Crippen LogP contribution < -0.4 is 4.74 Å². The second kappa shape index (κ2) is 8.81. The quantitative estimate of drug-likeness (QED) is 0.733. The molecule has 5 heteroatoms. The van der Waals surface area contributed by atoms with Crippen molar-refractivity contribution in [3.8, 4) is 5.75 Å². The van der Waals surface area contributed by atoms with Crippen LogP contribution in [0.4, 0.5) is 4.39 Å². The molecule has 0 aliphatic carbocycles. The fraction of sp³-hybridized carbons (Fsp3) is 0.381. The largest absolute Gasteiger partial charge is 0.475 e. The molecule has 2 aromatic carbocycles. The minimum Gasteiger partial charge on any atom is -0.475 e. The first-order valence-corrected chi connectivity index (χ1v) is 9.02. The normalized spacial score (nSPS) is 20.5. The number of halogens is 1. The fourth-order valence-electron chi connectivity index (χ4n) is 3.18. The molecule has 26 heavy (non-hydrogen) atoms. The summed E-state index contributed by atoms with van der Waals surface area (Å²) in [5.74, 6) is 0.0999. The van der Waals surface area contributed by atoms with Crippen molar-refractivity contribution in [2.24, 2.45) is 5.92 Å². The van der Waals surface area contributed by atoms with Crippen molar-refractivity contribution in [3.63, 3.8) is 0 Å². The van der Waals surface area contributed by atoms with E-state index in [1.807, 2.05) is 30.3 Å². The van der Waals surface area contributed by atoms with Gasteiger partial charge in [0.2, 0.25) is 0 Å². The summed E-state index contributed by atoms with van der Waals surface area (Å²) in [6, 6.07) is 15.6. The van der Waals surface area contributed by atoms with Gasteiger partial charge in [-0.1, -0.05) is 37.3 Å². The number of likely N-dealkylation sites (tertiary alicyclic amines) is 1. The van der Waals surface area contributed by atoms with Gasteiger partial charge in [-0.05, 0) is 42.8 Å². The van der Waals surface area contributed by atoms with E-state index in [2.05, 4.69) is 11.8 Å². The molecule has 1 saturated heterocycles. The molecule has 0 spiro atoms. The van der Waals surface area contributed by atoms with Gasteiger partial charge in [0, 0.05) is 13.0 Å². The molecular formula is C21H24FNO3. The number of nitrogens with zero attached hydrogens (tertiary/aromatic N) is 1. The summed E-state index contributed by atoms with van der Waals surface area (Å²) < 4.78 is 24.5. The first-order chi connectivity index (χ1) is 12.7. The smallest absolute Gasteiger partial charge is 0.309 e. The first kappa shape index (κ1) is 18.4. The Bertz CT molecular complexity index is 705. The molecule has 0 amide bonds. The molecule has 2 atom stereocenters. The van der Waals surface area contributed by atoms with Crippen LogP contribution in [-0.2, 0) is 16.1 Å². The number of carbonyl (C=O) groups is 1. The fourth-order valence-corrected chi connectivity index (χ4v) is 3.18. The van der Waals surface area contributed by atoms with E-state index in [4.69, 9.17) is 9.47 Å². The van der Waals surface area contributed by atoms with E-state index in [-0.39, 0.29) is 30.5 Å². The van der Waals surface area contributed by atoms with Gasteiger partial charge in [-0.3, -0.25) is 9.69 Å². The number of para-hydroxylation sites is 1. The summed E-state index contributed by atoms with van der Waals surface area (Å²) in [4.78, 5) is 14.7. The van der Waals surface area contributed by atoms with E-state index < -0.39 is 0 Å². The highest BCUT2D eigenvalue weighted by molar-refractivity contribution is 5.72. The van der Waals surface area contributed by atoms with Crippen LogP contribution in [0, 0.1) is 11.7 Å². The number of esters is 1. The number of rotatable bonds is 6. The summed E-state index contributed by atoms with van der Waals surface area (Å²) in [7, 11) is 0. The lowest BCUT2D eigenvalue weighted by Gasteiger charge is -2.37. The third kappa shape index (κ3) is 4.82. The zero-order valence-electron chi connectivity index (χ0n) is 14.9. The molecule has 1 fully saturated rings. The number of ether oxygens (including phenoxy) is 2. The highest BCUT2D eigenvalue weighted by atomic mass is 19.1. The van der Waals surface area contributed by atoms with Crippen LogP contribution in [0.2, 0.25) is 0 Å². The van der Waals surface area contributed by atoms with Gasteiger partial charge in [0.25, 0.3) is 0 Å². The van der Waals surface area contributed by atoms with Gasteiger partial charge in [0.15, 0.2) is 6.23 Å². The molecule has 2 aromatic rings. The van der Waals surface area contributed by atoms with Crippen LogP contribution in [-0.4, -0.2) is 30.2 Å². The van der Waals surface area contributed by atoms with Crippen LogP contribution in [0.15, 0.2) is 54.6 Å². The van der Waals surface area contributed by atoms with Crippen LogP contribution in [0.5, 0.6) is 5.75 Å². The Balaban J connectivity index is 1.57. The maximum absolute atomic E-state index is 12.9. The van der Waals surface area contributed by atoms with Gasteiger partial charge >= 0.3 is 5.97 Å². The summed E-state index contributed by atoms with van der Waals surface area (Å²) in [6.45, 7) is 3.92. The molecule has 0 N–H and O–H groups in total. The minimum absolute atomic E-state index is 0.139. The monoisotopic (exact) mass is 357 g/mol. The third-order valence-electron chi connectivity index (χ3n) is 4.71. The third-order valence-corrected chi connectivity index (χ3v) is 4.71. The molecule has 1 aliphatic rings. The Morgan fingerprint density at radius 3 is 2.58 bits per heavy atom. The molecule has 2 unspecified atom stereocenters. The molecule has 1 aliphatic heterocycles. The summed E-state index contributed by atoms with van der Waals surface area (Å²) in [6.07, 6.45) is 1.22. The Morgan fingerprint density at radius 2 is 1.88 bits per heavy atom. The second-order valence-corrected chi connectivity index (χ2v) is 6.47. The highest BCUT2D eigenvalue weighted by Gasteiger charge is 2.33. The minimum atomic E-state index is -0.298. The van der Waals surface area contributed by atoms with Crippen molar-refractivity contribution in [3.05, 3.63) is 66.0 Å². The van der Waals surface area contributed by atoms with Crippen molar-refractivity contribution in [2.45, 2.75) is 32.6 Å². The van der Waals surface area contributed by atoms with Crippen LogP contribution >= 0.6 is 0 Å². The molecule has 0 aromatic heterocycles. The molecule has 4 nitrogen and oxygen atoms in total. The average Bonchev–Trinajstić information content (AvgIpc) is 2.68. The number of hydrogen-bond acceptors (Lipinski definition) is 4. The molecular weight excluding hydrogens is 333 g/mol. The molecule has 0 saturated carbocycles. The molecule has 0 bridgehead atoms. The summed E-state index contributed by atoms with van der Waals surface area (Å²) in [5.41, 5.74) is 0.780. The van der Waals surface area contributed by atoms with Crippen molar-refractivity contribution >= 4 is 5.97 Å². The van der Waals surface area contributed by atoms with Crippen molar-refractivity contribution < 1.29 is 18.7 Å². The summed E-state index contributed by atoms with van der Waals surface area (Å²) >= 11 is 0. The number of piperidine rings is 1. The second-order valence-electron chi connectivity index (χ2n) is 6.47. The predicted octanol–water partition coefficient (Wildman–Crippen LogP) is 4.01. The first-order valence-electron chi connectivity index (χ1n) is 9.02. The SMILES string of the molecule is CCN1CCC(C(=O)OCc2ccc(F)cc2)CC1Oc1ccccc1. The standard InChI is InChI=1S/C21H24FNO3/c1-2-23-13-12-17(14-20(23)26-19-6-4-3-5-7-19)21(24)25-15-16-8-10-18(22)11-9-16/h3-11,17,20H,2,12-15H2,1H3. The zero-order valence-corrected chi connectivity index (χ0v) is 14.9. The number of carbonyl (C=O) groups excluding carboxylic acids is 1. The van der Waals surface area contributed by atoms with Gasteiger partial charge in [-0.2, -0.15) is 0 Å². The Kier molecular flexibility index (Phi) is 6.23. The topological polar surface area (TPSA) is 38.8 Å². The average molecular weight is 357 g/mol. The Hall–Kier alpha value is -2.40. The summed E-state index contributed by atoms with van der Waals surface area (Å²) in [5, 5.41) is 0. The Labute approximate surface area is 153 Å². The van der Waals surface area contributed by atoms with E-state index in [0.717, 1.165) is 30.8 Å². The van der Waals surface area contributed by atoms with Gasteiger partial charge in [-0.25, -0.2) is 4.39 Å². The molecule has 1 heterocycles. The predicted molar refractivity (Wildman–Crippen MR) is 97.0 cm³/mol. The molecule has 3 rings (SSSR count). The molecule has 0 radical (unpaired) electrons. The van der Waals surface area contributed by atoms with Crippen LogP contribution in [0.25, 0.3) is 0 Å². The van der Waals surface area contributed by atoms with E-state index in [1.165, 1.54) is 12.1 Å². The van der Waals surface area contributed by atoms with Crippen molar-refractivity contribution in [1.29, 1.82) is 0 Å². The van der Waals surface area contributed by atoms with Gasteiger partial charge in [0.1, 0.15) is 18.2 Å². The van der Waals surface area contributed by atoms with E-state index in [9.17, 15) is 9.18 Å². The highest BCUT2D eigenvalue weighted by Crippen LogP contribution is 2.26. The van der Waals surface area contributed by atoms with Crippen LogP contribution in [0.3, 0.4) is 0 Å². The van der Waals surface area contributed by atoms with E-state index in [1.54, 1.807) is 12.1 Å². The lowest BCUT2D eigenvalue weighted by atomic mass is 9.95. The van der Waals surface area contributed by atoms with Gasteiger partial charge in [-0.15, -0.1) is 0 Å². The van der Waals surface area contributed by atoms with Crippen LogP contribution in [0.1, 0.15) is 25.3 Å². The maximum atomic E-state index is 12.9. The Morgan fingerprint density at radius 1 is 1.15 bits per heavy atom. The van der Waals surface area contributed by atoms with Gasteiger partial charge in [0.05, 0.1) is 5.92 Å². The van der Waals surface area contributed by atoms with Crippen molar-refractivity contribution in [1.82, 2.24) is 4.90 Å². The lowest BCUT2D eigenvalue weighted by molar-refractivity contribution is -0.155. The molecule has 138 valence electrons. The maximum Gasteiger partial charge on any atom is 0.309 e. The van der Waals surface area contributed by atoms with E-state index in [0.29, 0.717) is 6.42 Å². The van der Waals surface area contributed by atoms with E-state index >= 15 is 0 Å². The number of hydrogen-bond donors (Lipinski definition) is 0. The van der Waals surface area contributed by atoms with Crippen molar-refractivity contribution in [2.75, 3.05) is 13.1 Å². The zero-order chi connectivity index (χ0) is 18.4. The number of benzene rings is 2. The lowest BCUT2D eigenvalue weighted by Crippen LogP contribution is -2.47. The van der Waals surface area contributed by atoms with Gasteiger partial charge < -0.3 is 9.47 Å².